The topological polar surface area (TPSA) is 0 Å². The van der Waals surface area contributed by atoms with E-state index in [2.05, 4.69) is 74.5 Å². The van der Waals surface area contributed by atoms with Crippen LogP contribution < -0.4 is 10.6 Å². The molecule has 0 nitrogen and oxygen atoms in total. The zero-order chi connectivity index (χ0) is 16.3. The van der Waals surface area contributed by atoms with Gasteiger partial charge in [0.1, 0.15) is 0 Å². The number of hydrogen-bond donors (Lipinski definition) is 0. The highest BCUT2D eigenvalue weighted by molar-refractivity contribution is 7.66. The van der Waals surface area contributed by atoms with Crippen LogP contribution in [0.25, 0.3) is 0 Å². The van der Waals surface area contributed by atoms with Crippen molar-refractivity contribution in [2.75, 3.05) is 24.6 Å². The third-order valence-corrected chi connectivity index (χ3v) is 9.83. The van der Waals surface area contributed by atoms with Gasteiger partial charge < -0.3 is 0 Å². The van der Waals surface area contributed by atoms with Crippen molar-refractivity contribution in [1.82, 2.24) is 0 Å². The van der Waals surface area contributed by atoms with Crippen molar-refractivity contribution in [2.45, 2.75) is 33.1 Å². The Morgan fingerprint density at radius 2 is 0.957 bits per heavy atom. The van der Waals surface area contributed by atoms with Crippen LogP contribution in [0.3, 0.4) is 0 Å². The number of hydrogen-bond acceptors (Lipinski definition) is 0. The molecule has 23 heavy (non-hydrogen) atoms. The predicted molar refractivity (Wildman–Crippen MR) is 111 cm³/mol. The normalized spacial score (nSPS) is 13.7. The Labute approximate surface area is 145 Å². The highest BCUT2D eigenvalue weighted by Crippen LogP contribution is 2.40. The summed E-state index contributed by atoms with van der Waals surface area (Å²) in [7, 11) is 0.0913. The molecule has 2 rings (SSSR count). The summed E-state index contributed by atoms with van der Waals surface area (Å²) in [5.41, 5.74) is 0. The molecule has 2 aromatic rings. The van der Waals surface area contributed by atoms with Gasteiger partial charge in [-0.1, -0.05) is 103 Å². The van der Waals surface area contributed by atoms with Crippen LogP contribution in [0.1, 0.15) is 33.1 Å². The fourth-order valence-corrected chi connectivity index (χ4v) is 8.09. The van der Waals surface area contributed by atoms with Gasteiger partial charge in [0, 0.05) is 0 Å². The number of rotatable bonds is 10. The van der Waals surface area contributed by atoms with Gasteiger partial charge in [0.15, 0.2) is 0 Å². The molecular weight excluding hydrogens is 314 g/mol. The zero-order valence-corrected chi connectivity index (χ0v) is 16.4. The van der Waals surface area contributed by atoms with Crippen LogP contribution in [-0.4, -0.2) is 24.6 Å². The number of benzene rings is 2. The van der Waals surface area contributed by atoms with Crippen molar-refractivity contribution >= 4 is 26.5 Å². The molecular formula is C21H30P2. The van der Waals surface area contributed by atoms with Gasteiger partial charge in [-0.15, -0.1) is 0 Å². The van der Waals surface area contributed by atoms with E-state index >= 15 is 0 Å². The molecule has 0 spiro atoms. The van der Waals surface area contributed by atoms with Crippen LogP contribution in [0.2, 0.25) is 0 Å². The summed E-state index contributed by atoms with van der Waals surface area (Å²) in [6.07, 6.45) is 9.59. The summed E-state index contributed by atoms with van der Waals surface area (Å²) >= 11 is 0. The summed E-state index contributed by atoms with van der Waals surface area (Å²) < 4.78 is 0. The summed E-state index contributed by atoms with van der Waals surface area (Å²) in [6.45, 7) is 4.65. The Hall–Kier alpha value is -0.700. The molecule has 2 heteroatoms. The molecule has 2 unspecified atom stereocenters. The average molecular weight is 344 g/mol. The maximum absolute atomic E-state index is 2.34. The molecule has 2 aromatic carbocycles. The quantitative estimate of drug-likeness (QED) is 0.477. The molecule has 0 aliphatic heterocycles. The first-order valence-electron chi connectivity index (χ1n) is 8.95. The first-order valence-corrected chi connectivity index (χ1v) is 12.4. The second-order valence-electron chi connectivity index (χ2n) is 6.00. The van der Waals surface area contributed by atoms with Crippen molar-refractivity contribution in [3.05, 3.63) is 60.7 Å². The van der Waals surface area contributed by atoms with E-state index in [1.165, 1.54) is 43.9 Å². The Kier molecular flexibility index (Phi) is 8.88. The highest BCUT2D eigenvalue weighted by atomic mass is 31.1. The predicted octanol–water partition coefficient (Wildman–Crippen LogP) is 5.81. The Bertz CT molecular complexity index is 475. The van der Waals surface area contributed by atoms with E-state index in [1.54, 1.807) is 10.6 Å². The van der Waals surface area contributed by atoms with Crippen molar-refractivity contribution in [3.63, 3.8) is 0 Å². The molecule has 0 aliphatic carbocycles. The van der Waals surface area contributed by atoms with Crippen LogP contribution in [0.5, 0.6) is 0 Å². The minimum Gasteiger partial charge on any atom is -0.0753 e. The minimum atomic E-state index is 0.0457. The average Bonchev–Trinajstić information content (AvgIpc) is 2.61. The molecule has 0 radical (unpaired) electrons. The first-order chi connectivity index (χ1) is 11.3. The van der Waals surface area contributed by atoms with Crippen molar-refractivity contribution < 1.29 is 0 Å². The van der Waals surface area contributed by atoms with Gasteiger partial charge >= 0.3 is 0 Å². The standard InChI is InChI=1S/C21H30P2/c1-3-16-22(20-12-7-5-8-13-20)18-11-19-23(17-4-2)21-14-9-6-10-15-21/h5-10,12-15H,3-4,11,16-19H2,1-2H3. The van der Waals surface area contributed by atoms with E-state index in [-0.39, 0.29) is 15.8 Å². The third kappa shape index (κ3) is 6.37. The van der Waals surface area contributed by atoms with E-state index in [0.717, 1.165) is 0 Å². The van der Waals surface area contributed by atoms with Gasteiger partial charge in [0.2, 0.25) is 0 Å². The molecule has 0 bridgehead atoms. The minimum absolute atomic E-state index is 0.0457. The summed E-state index contributed by atoms with van der Waals surface area (Å²) in [5.74, 6) is 0. The van der Waals surface area contributed by atoms with Gasteiger partial charge in [-0.3, -0.25) is 0 Å². The third-order valence-electron chi connectivity index (χ3n) is 4.09. The molecule has 0 fully saturated rings. The Morgan fingerprint density at radius 3 is 1.30 bits per heavy atom. The van der Waals surface area contributed by atoms with Crippen LogP contribution >= 0.6 is 15.8 Å². The second-order valence-corrected chi connectivity index (χ2v) is 11.0. The van der Waals surface area contributed by atoms with Crippen LogP contribution in [-0.2, 0) is 0 Å². The van der Waals surface area contributed by atoms with E-state index in [0.29, 0.717) is 0 Å². The maximum atomic E-state index is 2.34. The molecule has 2 atom stereocenters. The summed E-state index contributed by atoms with van der Waals surface area (Å²) in [4.78, 5) is 0. The van der Waals surface area contributed by atoms with Gasteiger partial charge in [-0.2, -0.15) is 0 Å². The smallest absolute Gasteiger partial charge is 0.0240 e. The fourth-order valence-electron chi connectivity index (χ4n) is 3.01. The van der Waals surface area contributed by atoms with Crippen molar-refractivity contribution in [3.8, 4) is 0 Å². The maximum Gasteiger partial charge on any atom is -0.0240 e. The molecule has 124 valence electrons. The van der Waals surface area contributed by atoms with Crippen molar-refractivity contribution in [1.29, 1.82) is 0 Å². The Morgan fingerprint density at radius 1 is 0.565 bits per heavy atom. The lowest BCUT2D eigenvalue weighted by molar-refractivity contribution is 1.05. The molecule has 0 heterocycles. The van der Waals surface area contributed by atoms with Crippen molar-refractivity contribution in [2.24, 2.45) is 0 Å². The van der Waals surface area contributed by atoms with E-state index in [9.17, 15) is 0 Å². The zero-order valence-electron chi connectivity index (χ0n) is 14.6. The summed E-state index contributed by atoms with van der Waals surface area (Å²) in [6, 6.07) is 22.4. The fraction of sp³-hybridized carbons (Fsp3) is 0.429. The van der Waals surface area contributed by atoms with Gasteiger partial charge in [-0.25, -0.2) is 0 Å². The second kappa shape index (κ2) is 11.0. The van der Waals surface area contributed by atoms with E-state index < -0.39 is 0 Å². The molecule has 0 aliphatic rings. The van der Waals surface area contributed by atoms with Crippen LogP contribution in [0, 0.1) is 0 Å². The lowest BCUT2D eigenvalue weighted by Crippen LogP contribution is -2.09. The molecule has 0 amide bonds. The molecule has 0 N–H and O–H groups in total. The highest BCUT2D eigenvalue weighted by Gasteiger charge is 2.13. The Balaban J connectivity index is 1.92. The summed E-state index contributed by atoms with van der Waals surface area (Å²) in [5, 5.41) is 3.20. The molecule has 0 saturated carbocycles. The molecule has 0 aromatic heterocycles. The van der Waals surface area contributed by atoms with Crippen LogP contribution in [0.4, 0.5) is 0 Å². The van der Waals surface area contributed by atoms with E-state index in [1.807, 2.05) is 0 Å². The van der Waals surface area contributed by atoms with Gasteiger partial charge in [0.05, 0.1) is 0 Å². The first kappa shape index (κ1) is 18.6. The monoisotopic (exact) mass is 344 g/mol. The lowest BCUT2D eigenvalue weighted by Gasteiger charge is -2.21. The van der Waals surface area contributed by atoms with Gasteiger partial charge in [-0.05, 0) is 41.7 Å². The van der Waals surface area contributed by atoms with Gasteiger partial charge in [0.25, 0.3) is 0 Å². The lowest BCUT2D eigenvalue weighted by atomic mass is 10.4. The van der Waals surface area contributed by atoms with Crippen LogP contribution in [0.15, 0.2) is 60.7 Å². The van der Waals surface area contributed by atoms with E-state index in [4.69, 9.17) is 0 Å². The SMILES string of the molecule is CCCP(CCCP(CCC)c1ccccc1)c1ccccc1. The largest absolute Gasteiger partial charge is 0.0753 e. The molecule has 0 saturated heterocycles.